The number of hydrogen-bond acceptors (Lipinski definition) is 4. The van der Waals surface area contributed by atoms with E-state index in [-0.39, 0.29) is 23.3 Å². The molecule has 0 spiro atoms. The SMILES string of the molecule is CC1CCN(CCNC(=O)C2CCS(=O)(=O)C2)CC1. The van der Waals surface area contributed by atoms with Gasteiger partial charge in [-0.05, 0) is 38.3 Å². The molecule has 0 aromatic rings. The van der Waals surface area contributed by atoms with E-state index in [2.05, 4.69) is 17.1 Å². The molecule has 0 radical (unpaired) electrons. The number of carbonyl (C=O) groups is 1. The highest BCUT2D eigenvalue weighted by Gasteiger charge is 2.32. The number of rotatable bonds is 4. The number of hydrogen-bond donors (Lipinski definition) is 1. The van der Waals surface area contributed by atoms with Crippen LogP contribution >= 0.6 is 0 Å². The fourth-order valence-corrected chi connectivity index (χ4v) is 4.51. The maximum absolute atomic E-state index is 11.8. The largest absolute Gasteiger partial charge is 0.355 e. The van der Waals surface area contributed by atoms with Crippen LogP contribution in [0.1, 0.15) is 26.2 Å². The Balaban J connectivity index is 1.64. The highest BCUT2D eigenvalue weighted by Crippen LogP contribution is 2.18. The van der Waals surface area contributed by atoms with E-state index in [9.17, 15) is 13.2 Å². The maximum atomic E-state index is 11.8. The predicted molar refractivity (Wildman–Crippen MR) is 74.6 cm³/mol. The molecule has 1 atom stereocenters. The van der Waals surface area contributed by atoms with Crippen LogP contribution in [0, 0.1) is 11.8 Å². The van der Waals surface area contributed by atoms with Crippen LogP contribution in [0.25, 0.3) is 0 Å². The predicted octanol–water partition coefficient (Wildman–Crippen LogP) is 0.269. The zero-order valence-corrected chi connectivity index (χ0v) is 12.4. The maximum Gasteiger partial charge on any atom is 0.224 e. The van der Waals surface area contributed by atoms with Gasteiger partial charge in [0.2, 0.25) is 5.91 Å². The molecule has 19 heavy (non-hydrogen) atoms. The second-order valence-electron chi connectivity index (χ2n) is 5.92. The summed E-state index contributed by atoms with van der Waals surface area (Å²) in [6.07, 6.45) is 2.94. The lowest BCUT2D eigenvalue weighted by Gasteiger charge is -2.30. The van der Waals surface area contributed by atoms with Gasteiger partial charge in [-0.15, -0.1) is 0 Å². The second kappa shape index (κ2) is 6.22. The third-order valence-corrected chi connectivity index (χ3v) is 5.97. The molecule has 2 fully saturated rings. The van der Waals surface area contributed by atoms with Gasteiger partial charge in [0.1, 0.15) is 0 Å². The third kappa shape index (κ3) is 4.45. The lowest BCUT2D eigenvalue weighted by atomic mass is 9.99. The number of carbonyl (C=O) groups excluding carboxylic acids is 1. The van der Waals surface area contributed by atoms with Crippen molar-refractivity contribution in [3.63, 3.8) is 0 Å². The Labute approximate surface area is 115 Å². The molecule has 2 rings (SSSR count). The second-order valence-corrected chi connectivity index (χ2v) is 8.14. The first-order valence-electron chi connectivity index (χ1n) is 7.17. The quantitative estimate of drug-likeness (QED) is 0.806. The van der Waals surface area contributed by atoms with E-state index >= 15 is 0 Å². The van der Waals surface area contributed by atoms with Gasteiger partial charge >= 0.3 is 0 Å². The Morgan fingerprint density at radius 1 is 1.26 bits per heavy atom. The molecule has 0 aromatic heterocycles. The minimum absolute atomic E-state index is 0.0278. The Bertz CT molecular complexity index is 414. The first-order valence-corrected chi connectivity index (χ1v) is 8.99. The van der Waals surface area contributed by atoms with Crippen LogP contribution in [0.3, 0.4) is 0 Å². The summed E-state index contributed by atoms with van der Waals surface area (Å²) in [7, 11) is -2.96. The summed E-state index contributed by atoms with van der Waals surface area (Å²) in [5.74, 6) is 0.585. The molecule has 2 aliphatic heterocycles. The standard InChI is InChI=1S/C13H24N2O3S/c1-11-2-6-15(7-3-11)8-5-14-13(16)12-4-9-19(17,18)10-12/h11-12H,2-10H2,1H3,(H,14,16). The van der Waals surface area contributed by atoms with E-state index in [1.54, 1.807) is 0 Å². The van der Waals surface area contributed by atoms with Crippen LogP contribution in [0.2, 0.25) is 0 Å². The fourth-order valence-electron chi connectivity index (χ4n) is 2.77. The summed E-state index contributed by atoms with van der Waals surface area (Å²) in [6, 6.07) is 0. The zero-order chi connectivity index (χ0) is 13.9. The molecule has 0 aromatic carbocycles. The van der Waals surface area contributed by atoms with Gasteiger partial charge in [-0.3, -0.25) is 4.79 Å². The van der Waals surface area contributed by atoms with Gasteiger partial charge in [-0.2, -0.15) is 0 Å². The number of sulfone groups is 1. The van der Waals surface area contributed by atoms with Crippen molar-refractivity contribution in [3.8, 4) is 0 Å². The van der Waals surface area contributed by atoms with Gasteiger partial charge in [-0.25, -0.2) is 8.42 Å². The van der Waals surface area contributed by atoms with Crippen LogP contribution in [0.5, 0.6) is 0 Å². The van der Waals surface area contributed by atoms with Crippen molar-refractivity contribution in [3.05, 3.63) is 0 Å². The first-order chi connectivity index (χ1) is 8.96. The molecule has 0 aliphatic carbocycles. The van der Waals surface area contributed by atoms with Gasteiger partial charge in [-0.1, -0.05) is 6.92 Å². The summed E-state index contributed by atoms with van der Waals surface area (Å²) in [6.45, 7) is 5.99. The van der Waals surface area contributed by atoms with E-state index in [1.807, 2.05) is 0 Å². The Morgan fingerprint density at radius 3 is 2.53 bits per heavy atom. The normalized spacial score (nSPS) is 28.4. The Kier molecular flexibility index (Phi) is 4.84. The number of nitrogens with zero attached hydrogens (tertiary/aromatic N) is 1. The summed E-state index contributed by atoms with van der Waals surface area (Å²) >= 11 is 0. The average Bonchev–Trinajstić information content (AvgIpc) is 2.72. The first kappa shape index (κ1) is 14.8. The van der Waals surface area contributed by atoms with Crippen LogP contribution in [-0.2, 0) is 14.6 Å². The molecule has 110 valence electrons. The lowest BCUT2D eigenvalue weighted by molar-refractivity contribution is -0.124. The monoisotopic (exact) mass is 288 g/mol. The number of nitrogens with one attached hydrogen (secondary N) is 1. The minimum atomic E-state index is -2.96. The van der Waals surface area contributed by atoms with Gasteiger partial charge in [0.15, 0.2) is 9.84 Å². The number of piperidine rings is 1. The molecular weight excluding hydrogens is 264 g/mol. The molecule has 5 nitrogen and oxygen atoms in total. The molecule has 0 saturated carbocycles. The highest BCUT2D eigenvalue weighted by atomic mass is 32.2. The molecule has 1 N–H and O–H groups in total. The minimum Gasteiger partial charge on any atom is -0.355 e. The van der Waals surface area contributed by atoms with Crippen molar-refractivity contribution in [2.75, 3.05) is 37.7 Å². The zero-order valence-electron chi connectivity index (χ0n) is 11.6. The van der Waals surface area contributed by atoms with Crippen LogP contribution in [0.4, 0.5) is 0 Å². The molecular formula is C13H24N2O3S. The molecule has 2 heterocycles. The molecule has 1 amide bonds. The molecule has 6 heteroatoms. The van der Waals surface area contributed by atoms with Gasteiger partial charge in [0.05, 0.1) is 17.4 Å². The van der Waals surface area contributed by atoms with Gasteiger partial charge in [0, 0.05) is 13.1 Å². The van der Waals surface area contributed by atoms with Gasteiger partial charge < -0.3 is 10.2 Å². The molecule has 2 aliphatic rings. The summed E-state index contributed by atoms with van der Waals surface area (Å²) in [4.78, 5) is 14.2. The summed E-state index contributed by atoms with van der Waals surface area (Å²) < 4.78 is 22.6. The molecule has 1 unspecified atom stereocenters. The van der Waals surface area contributed by atoms with E-state index in [0.717, 1.165) is 25.6 Å². The van der Waals surface area contributed by atoms with Crippen LogP contribution < -0.4 is 5.32 Å². The van der Waals surface area contributed by atoms with E-state index in [0.29, 0.717) is 13.0 Å². The van der Waals surface area contributed by atoms with Crippen molar-refractivity contribution in [1.29, 1.82) is 0 Å². The van der Waals surface area contributed by atoms with Crippen LogP contribution in [-0.4, -0.2) is 56.9 Å². The number of likely N-dealkylation sites (tertiary alicyclic amines) is 1. The third-order valence-electron chi connectivity index (χ3n) is 4.21. The summed E-state index contributed by atoms with van der Waals surface area (Å²) in [5.41, 5.74) is 0. The smallest absolute Gasteiger partial charge is 0.224 e. The van der Waals surface area contributed by atoms with Crippen LogP contribution in [0.15, 0.2) is 0 Å². The fraction of sp³-hybridized carbons (Fsp3) is 0.923. The van der Waals surface area contributed by atoms with Crippen molar-refractivity contribution in [2.45, 2.75) is 26.2 Å². The number of amides is 1. The van der Waals surface area contributed by atoms with Crippen molar-refractivity contribution in [2.24, 2.45) is 11.8 Å². The lowest BCUT2D eigenvalue weighted by Crippen LogP contribution is -2.40. The summed E-state index contributed by atoms with van der Waals surface area (Å²) in [5, 5.41) is 2.88. The Hall–Kier alpha value is -0.620. The van der Waals surface area contributed by atoms with Crippen molar-refractivity contribution >= 4 is 15.7 Å². The highest BCUT2D eigenvalue weighted by molar-refractivity contribution is 7.91. The molecule has 0 bridgehead atoms. The van der Waals surface area contributed by atoms with E-state index in [1.165, 1.54) is 12.8 Å². The molecule has 2 saturated heterocycles. The van der Waals surface area contributed by atoms with Crippen molar-refractivity contribution < 1.29 is 13.2 Å². The van der Waals surface area contributed by atoms with E-state index in [4.69, 9.17) is 0 Å². The van der Waals surface area contributed by atoms with Gasteiger partial charge in [0.25, 0.3) is 0 Å². The van der Waals surface area contributed by atoms with E-state index < -0.39 is 9.84 Å². The average molecular weight is 288 g/mol. The topological polar surface area (TPSA) is 66.5 Å². The van der Waals surface area contributed by atoms with Crippen molar-refractivity contribution in [1.82, 2.24) is 10.2 Å². The Morgan fingerprint density at radius 2 is 1.95 bits per heavy atom.